The van der Waals surface area contributed by atoms with Gasteiger partial charge in [-0.05, 0) is 25.0 Å². The van der Waals surface area contributed by atoms with Gasteiger partial charge in [0.15, 0.2) is 0 Å². The molecule has 0 radical (unpaired) electrons. The van der Waals surface area contributed by atoms with Crippen molar-refractivity contribution >= 4 is 11.0 Å². The summed E-state index contributed by atoms with van der Waals surface area (Å²) in [5.41, 5.74) is 2.03. The molecule has 3 rings (SSSR count). The van der Waals surface area contributed by atoms with Crippen LogP contribution in [0.1, 0.15) is 31.5 Å². The minimum absolute atomic E-state index is 0.299. The van der Waals surface area contributed by atoms with E-state index in [4.69, 9.17) is 9.47 Å². The molecular weight excluding hydrogens is 228 g/mol. The monoisotopic (exact) mass is 246 g/mol. The quantitative estimate of drug-likeness (QED) is 0.905. The Morgan fingerprint density at radius 2 is 2.39 bits per heavy atom. The molecule has 4 nitrogen and oxygen atoms in total. The number of aromatic amines is 1. The number of nitrogens with one attached hydrogen (secondary N) is 1. The Morgan fingerprint density at radius 1 is 1.50 bits per heavy atom. The van der Waals surface area contributed by atoms with E-state index in [0.717, 1.165) is 42.1 Å². The minimum Gasteiger partial charge on any atom is -0.497 e. The molecule has 0 saturated carbocycles. The molecule has 0 aliphatic carbocycles. The van der Waals surface area contributed by atoms with E-state index in [1.807, 2.05) is 18.2 Å². The van der Waals surface area contributed by atoms with Crippen LogP contribution in [0.25, 0.3) is 11.0 Å². The normalized spacial score (nSPS) is 23.7. The van der Waals surface area contributed by atoms with Crippen LogP contribution in [0.2, 0.25) is 0 Å². The van der Waals surface area contributed by atoms with Crippen LogP contribution in [-0.2, 0) is 4.74 Å². The zero-order valence-corrected chi connectivity index (χ0v) is 10.8. The summed E-state index contributed by atoms with van der Waals surface area (Å²) in [6, 6.07) is 5.92. The van der Waals surface area contributed by atoms with Crippen LogP contribution < -0.4 is 4.74 Å². The highest BCUT2D eigenvalue weighted by molar-refractivity contribution is 5.76. The van der Waals surface area contributed by atoms with Crippen LogP contribution in [0.15, 0.2) is 18.2 Å². The number of H-pyrrole nitrogens is 1. The molecule has 18 heavy (non-hydrogen) atoms. The number of fused-ring (bicyclic) bond motifs is 1. The van der Waals surface area contributed by atoms with Gasteiger partial charge in [0, 0.05) is 18.6 Å². The van der Waals surface area contributed by atoms with Crippen LogP contribution in [0.3, 0.4) is 0 Å². The molecule has 4 heteroatoms. The molecule has 0 amide bonds. The van der Waals surface area contributed by atoms with Gasteiger partial charge in [0.1, 0.15) is 11.6 Å². The van der Waals surface area contributed by atoms with Gasteiger partial charge < -0.3 is 14.5 Å². The topological polar surface area (TPSA) is 47.1 Å². The number of hydrogen-bond donors (Lipinski definition) is 1. The number of rotatable bonds is 3. The van der Waals surface area contributed by atoms with E-state index in [2.05, 4.69) is 16.9 Å². The number of benzene rings is 1. The molecule has 2 heterocycles. The first-order valence-corrected chi connectivity index (χ1v) is 6.47. The van der Waals surface area contributed by atoms with E-state index < -0.39 is 0 Å². The standard InChI is InChI=1S/C14H18N2O2/c1-3-13-10(6-7-18-13)14-15-11-5-4-9(17-2)8-12(11)16-14/h4-5,8,10,13H,3,6-7H2,1-2H3,(H,15,16). The van der Waals surface area contributed by atoms with Crippen LogP contribution in [0, 0.1) is 0 Å². The number of hydrogen-bond acceptors (Lipinski definition) is 3. The zero-order valence-electron chi connectivity index (χ0n) is 10.8. The Balaban J connectivity index is 1.97. The molecule has 1 N–H and O–H groups in total. The second-order valence-corrected chi connectivity index (χ2v) is 4.72. The lowest BCUT2D eigenvalue weighted by Gasteiger charge is -2.13. The lowest BCUT2D eigenvalue weighted by Crippen LogP contribution is -2.13. The Hall–Kier alpha value is -1.55. The van der Waals surface area contributed by atoms with Crippen molar-refractivity contribution in [3.05, 3.63) is 24.0 Å². The van der Waals surface area contributed by atoms with E-state index >= 15 is 0 Å². The summed E-state index contributed by atoms with van der Waals surface area (Å²) in [5, 5.41) is 0. The molecule has 1 fully saturated rings. The summed E-state index contributed by atoms with van der Waals surface area (Å²) in [6.07, 6.45) is 2.38. The van der Waals surface area contributed by atoms with Crippen LogP contribution in [-0.4, -0.2) is 29.8 Å². The highest BCUT2D eigenvalue weighted by Crippen LogP contribution is 2.32. The molecule has 2 atom stereocenters. The van der Waals surface area contributed by atoms with E-state index in [1.54, 1.807) is 7.11 Å². The van der Waals surface area contributed by atoms with Crippen LogP contribution in [0.5, 0.6) is 5.75 Å². The largest absolute Gasteiger partial charge is 0.497 e. The Morgan fingerprint density at radius 3 is 3.17 bits per heavy atom. The molecule has 96 valence electrons. The predicted molar refractivity (Wildman–Crippen MR) is 70.0 cm³/mol. The Kier molecular flexibility index (Phi) is 2.96. The summed E-state index contributed by atoms with van der Waals surface area (Å²) in [6.45, 7) is 3.00. The van der Waals surface area contributed by atoms with E-state index in [0.29, 0.717) is 12.0 Å². The number of nitrogens with zero attached hydrogens (tertiary/aromatic N) is 1. The number of ether oxygens (including phenoxy) is 2. The number of methoxy groups -OCH3 is 1. The molecule has 1 aliphatic heterocycles. The SMILES string of the molecule is CCC1OCCC1c1nc2ccc(OC)cc2[nH]1. The maximum absolute atomic E-state index is 5.73. The molecule has 1 aliphatic rings. The van der Waals surface area contributed by atoms with Crippen molar-refractivity contribution in [3.63, 3.8) is 0 Å². The molecule has 2 unspecified atom stereocenters. The van der Waals surface area contributed by atoms with Crippen molar-refractivity contribution in [2.45, 2.75) is 31.8 Å². The van der Waals surface area contributed by atoms with Crippen molar-refractivity contribution in [1.29, 1.82) is 0 Å². The average molecular weight is 246 g/mol. The van der Waals surface area contributed by atoms with Crippen molar-refractivity contribution in [1.82, 2.24) is 9.97 Å². The average Bonchev–Trinajstić information content (AvgIpc) is 3.03. The first-order valence-electron chi connectivity index (χ1n) is 6.47. The molecule has 0 bridgehead atoms. The summed E-state index contributed by atoms with van der Waals surface area (Å²) in [5.74, 6) is 2.29. The smallest absolute Gasteiger partial charge is 0.121 e. The van der Waals surface area contributed by atoms with Gasteiger partial charge in [0.2, 0.25) is 0 Å². The third-order valence-corrected chi connectivity index (χ3v) is 3.67. The molecule has 1 aromatic carbocycles. The zero-order chi connectivity index (χ0) is 12.5. The molecule has 2 aromatic rings. The van der Waals surface area contributed by atoms with Gasteiger partial charge in [-0.25, -0.2) is 4.98 Å². The molecule has 0 spiro atoms. The van der Waals surface area contributed by atoms with Gasteiger partial charge in [-0.15, -0.1) is 0 Å². The van der Waals surface area contributed by atoms with Gasteiger partial charge in [-0.3, -0.25) is 0 Å². The van der Waals surface area contributed by atoms with Gasteiger partial charge in [0.05, 0.1) is 24.2 Å². The van der Waals surface area contributed by atoms with Crippen LogP contribution in [0.4, 0.5) is 0 Å². The first kappa shape index (κ1) is 11.5. The fourth-order valence-electron chi connectivity index (χ4n) is 2.67. The maximum atomic E-state index is 5.73. The predicted octanol–water partition coefficient (Wildman–Crippen LogP) is 2.85. The highest BCUT2D eigenvalue weighted by atomic mass is 16.5. The van der Waals surface area contributed by atoms with E-state index in [-0.39, 0.29) is 0 Å². The summed E-state index contributed by atoms with van der Waals surface area (Å²) >= 11 is 0. The second-order valence-electron chi connectivity index (χ2n) is 4.72. The third-order valence-electron chi connectivity index (χ3n) is 3.67. The minimum atomic E-state index is 0.299. The Bertz CT molecular complexity index is 550. The van der Waals surface area contributed by atoms with Crippen LogP contribution >= 0.6 is 0 Å². The van der Waals surface area contributed by atoms with Crippen molar-refractivity contribution < 1.29 is 9.47 Å². The lowest BCUT2D eigenvalue weighted by molar-refractivity contribution is 0.0996. The van der Waals surface area contributed by atoms with Gasteiger partial charge >= 0.3 is 0 Å². The van der Waals surface area contributed by atoms with Gasteiger partial charge in [-0.1, -0.05) is 6.92 Å². The van der Waals surface area contributed by atoms with Crippen molar-refractivity contribution in [3.8, 4) is 5.75 Å². The van der Waals surface area contributed by atoms with Gasteiger partial charge in [-0.2, -0.15) is 0 Å². The molecule has 1 saturated heterocycles. The molecular formula is C14H18N2O2. The Labute approximate surface area is 106 Å². The maximum Gasteiger partial charge on any atom is 0.121 e. The van der Waals surface area contributed by atoms with E-state index in [9.17, 15) is 0 Å². The van der Waals surface area contributed by atoms with E-state index in [1.165, 1.54) is 0 Å². The fraction of sp³-hybridized carbons (Fsp3) is 0.500. The lowest BCUT2D eigenvalue weighted by atomic mass is 9.99. The van der Waals surface area contributed by atoms with Gasteiger partial charge in [0.25, 0.3) is 0 Å². The fourth-order valence-corrected chi connectivity index (χ4v) is 2.67. The summed E-state index contributed by atoms with van der Waals surface area (Å²) < 4.78 is 11.0. The van der Waals surface area contributed by atoms with Crippen molar-refractivity contribution in [2.75, 3.05) is 13.7 Å². The van der Waals surface area contributed by atoms with Crippen molar-refractivity contribution in [2.24, 2.45) is 0 Å². The third kappa shape index (κ3) is 1.86. The first-order chi connectivity index (χ1) is 8.81. The second kappa shape index (κ2) is 4.61. The molecule has 1 aromatic heterocycles. The number of imidazole rings is 1. The summed E-state index contributed by atoms with van der Waals surface area (Å²) in [7, 11) is 1.68. The number of aromatic nitrogens is 2. The summed E-state index contributed by atoms with van der Waals surface area (Å²) in [4.78, 5) is 8.08. The highest BCUT2D eigenvalue weighted by Gasteiger charge is 2.30.